The van der Waals surface area contributed by atoms with E-state index in [-0.39, 0.29) is 0 Å². The fraction of sp³-hybridized carbons (Fsp3) is 0.611. The van der Waals surface area contributed by atoms with Gasteiger partial charge in [0.1, 0.15) is 5.82 Å². The molecule has 1 N–H and O–H groups in total. The molecule has 2 saturated heterocycles. The molecule has 0 aromatic carbocycles. The summed E-state index contributed by atoms with van der Waals surface area (Å²) in [4.78, 5) is 13.8. The topological polar surface area (TPSA) is 71.3 Å². The van der Waals surface area contributed by atoms with Crippen molar-refractivity contribution in [1.29, 1.82) is 0 Å². The summed E-state index contributed by atoms with van der Waals surface area (Å²) in [6.07, 6.45) is 5.06. The van der Waals surface area contributed by atoms with Gasteiger partial charge in [-0.2, -0.15) is 10.1 Å². The standard InChI is InChI=1S/C18H27N7O/c1-14-15(11-23(2)22-14)12-24-6-4-16(13-24)20-18-19-5-3-17(21-18)25-7-9-26-10-8-25/h3,5,11,16H,4,6-10,12-13H2,1-2H3,(H,19,20,21). The second-order valence-corrected chi connectivity index (χ2v) is 7.12. The smallest absolute Gasteiger partial charge is 0.224 e. The molecule has 0 amide bonds. The van der Waals surface area contributed by atoms with Crippen LogP contribution in [0.1, 0.15) is 17.7 Å². The van der Waals surface area contributed by atoms with E-state index in [1.54, 1.807) is 0 Å². The van der Waals surface area contributed by atoms with E-state index in [1.165, 1.54) is 5.56 Å². The van der Waals surface area contributed by atoms with Gasteiger partial charge in [-0.05, 0) is 19.4 Å². The van der Waals surface area contributed by atoms with Gasteiger partial charge in [0.15, 0.2) is 0 Å². The number of anilines is 2. The maximum Gasteiger partial charge on any atom is 0.224 e. The number of nitrogens with zero attached hydrogens (tertiary/aromatic N) is 6. The van der Waals surface area contributed by atoms with Crippen molar-refractivity contribution in [2.45, 2.75) is 25.9 Å². The molecular weight excluding hydrogens is 330 g/mol. The molecule has 4 rings (SSSR count). The third-order valence-electron chi connectivity index (χ3n) is 5.09. The minimum Gasteiger partial charge on any atom is -0.378 e. The van der Waals surface area contributed by atoms with Gasteiger partial charge in [0.25, 0.3) is 0 Å². The molecule has 1 unspecified atom stereocenters. The average molecular weight is 357 g/mol. The van der Waals surface area contributed by atoms with Crippen LogP contribution in [-0.4, -0.2) is 70.1 Å². The molecule has 2 fully saturated rings. The molecule has 2 aromatic heterocycles. The van der Waals surface area contributed by atoms with E-state index in [2.05, 4.69) is 38.3 Å². The van der Waals surface area contributed by atoms with Gasteiger partial charge >= 0.3 is 0 Å². The lowest BCUT2D eigenvalue weighted by Crippen LogP contribution is -2.37. The summed E-state index contributed by atoms with van der Waals surface area (Å²) in [7, 11) is 1.98. The van der Waals surface area contributed by atoms with Gasteiger partial charge in [0, 0.05) is 63.8 Å². The SMILES string of the molecule is Cc1nn(C)cc1CN1CCC(Nc2nccc(N3CCOCC3)n2)C1. The Morgan fingerprint density at radius 2 is 2.12 bits per heavy atom. The predicted molar refractivity (Wildman–Crippen MR) is 100 cm³/mol. The van der Waals surface area contributed by atoms with E-state index in [0.29, 0.717) is 6.04 Å². The van der Waals surface area contributed by atoms with Gasteiger partial charge in [-0.3, -0.25) is 9.58 Å². The van der Waals surface area contributed by atoms with Crippen LogP contribution in [0.4, 0.5) is 11.8 Å². The van der Waals surface area contributed by atoms with Crippen molar-refractivity contribution < 1.29 is 4.74 Å². The Kier molecular flexibility index (Phi) is 5.03. The lowest BCUT2D eigenvalue weighted by atomic mass is 10.2. The van der Waals surface area contributed by atoms with Crippen molar-refractivity contribution in [3.63, 3.8) is 0 Å². The number of morpholine rings is 1. The zero-order chi connectivity index (χ0) is 17.9. The minimum absolute atomic E-state index is 0.381. The van der Waals surface area contributed by atoms with Gasteiger partial charge in [0.05, 0.1) is 18.9 Å². The number of likely N-dealkylation sites (tertiary alicyclic amines) is 1. The summed E-state index contributed by atoms with van der Waals surface area (Å²) in [5.41, 5.74) is 2.42. The molecule has 0 spiro atoms. The highest BCUT2D eigenvalue weighted by molar-refractivity contribution is 5.43. The van der Waals surface area contributed by atoms with E-state index < -0.39 is 0 Å². The van der Waals surface area contributed by atoms with Crippen LogP contribution in [0, 0.1) is 6.92 Å². The summed E-state index contributed by atoms with van der Waals surface area (Å²) in [5.74, 6) is 1.70. The van der Waals surface area contributed by atoms with E-state index in [1.807, 2.05) is 24.0 Å². The van der Waals surface area contributed by atoms with Crippen molar-refractivity contribution in [1.82, 2.24) is 24.6 Å². The van der Waals surface area contributed by atoms with Gasteiger partial charge in [-0.1, -0.05) is 0 Å². The number of hydrogen-bond acceptors (Lipinski definition) is 7. The first-order chi connectivity index (χ1) is 12.7. The summed E-state index contributed by atoms with van der Waals surface area (Å²) in [6, 6.07) is 2.36. The molecule has 0 aliphatic carbocycles. The first kappa shape index (κ1) is 17.2. The van der Waals surface area contributed by atoms with Crippen molar-refractivity contribution in [3.05, 3.63) is 29.7 Å². The number of aromatic nitrogens is 4. The van der Waals surface area contributed by atoms with E-state index in [0.717, 1.165) is 69.8 Å². The third-order valence-corrected chi connectivity index (χ3v) is 5.09. The quantitative estimate of drug-likeness (QED) is 0.857. The fourth-order valence-electron chi connectivity index (χ4n) is 3.71. The maximum atomic E-state index is 5.42. The van der Waals surface area contributed by atoms with Crippen LogP contribution in [0.5, 0.6) is 0 Å². The first-order valence-corrected chi connectivity index (χ1v) is 9.31. The molecule has 4 heterocycles. The van der Waals surface area contributed by atoms with Crippen LogP contribution in [0.15, 0.2) is 18.5 Å². The largest absolute Gasteiger partial charge is 0.378 e. The van der Waals surface area contributed by atoms with Crippen LogP contribution < -0.4 is 10.2 Å². The highest BCUT2D eigenvalue weighted by Crippen LogP contribution is 2.19. The average Bonchev–Trinajstić information content (AvgIpc) is 3.22. The van der Waals surface area contributed by atoms with Crippen LogP contribution in [0.2, 0.25) is 0 Å². The Balaban J connectivity index is 1.34. The number of hydrogen-bond donors (Lipinski definition) is 1. The van der Waals surface area contributed by atoms with Gasteiger partial charge < -0.3 is 15.0 Å². The Bertz CT molecular complexity index is 741. The molecule has 140 valence electrons. The van der Waals surface area contributed by atoms with E-state index in [9.17, 15) is 0 Å². The minimum atomic E-state index is 0.381. The molecule has 2 aromatic rings. The van der Waals surface area contributed by atoms with Gasteiger partial charge in [-0.25, -0.2) is 4.98 Å². The van der Waals surface area contributed by atoms with Crippen LogP contribution in [0.25, 0.3) is 0 Å². The molecule has 1 atom stereocenters. The van der Waals surface area contributed by atoms with Crippen LogP contribution >= 0.6 is 0 Å². The summed E-state index contributed by atoms with van der Waals surface area (Å²) in [5, 5.41) is 7.95. The van der Waals surface area contributed by atoms with Crippen molar-refractivity contribution in [2.24, 2.45) is 7.05 Å². The molecule has 8 nitrogen and oxygen atoms in total. The Morgan fingerprint density at radius 1 is 1.27 bits per heavy atom. The van der Waals surface area contributed by atoms with E-state index in [4.69, 9.17) is 9.72 Å². The molecule has 0 radical (unpaired) electrons. The molecule has 2 aliphatic rings. The van der Waals surface area contributed by atoms with E-state index >= 15 is 0 Å². The lowest BCUT2D eigenvalue weighted by molar-refractivity contribution is 0.122. The summed E-state index contributed by atoms with van der Waals surface area (Å²) >= 11 is 0. The maximum absolute atomic E-state index is 5.42. The first-order valence-electron chi connectivity index (χ1n) is 9.31. The number of nitrogens with one attached hydrogen (secondary N) is 1. The Morgan fingerprint density at radius 3 is 2.88 bits per heavy atom. The second-order valence-electron chi connectivity index (χ2n) is 7.12. The summed E-state index contributed by atoms with van der Waals surface area (Å²) < 4.78 is 7.31. The lowest BCUT2D eigenvalue weighted by Gasteiger charge is -2.28. The zero-order valence-electron chi connectivity index (χ0n) is 15.6. The number of rotatable bonds is 5. The summed E-state index contributed by atoms with van der Waals surface area (Å²) in [6.45, 7) is 8.40. The highest BCUT2D eigenvalue weighted by Gasteiger charge is 2.24. The molecular formula is C18H27N7O. The Hall–Kier alpha value is -2.19. The number of aryl methyl sites for hydroxylation is 2. The van der Waals surface area contributed by atoms with Crippen LogP contribution in [0.3, 0.4) is 0 Å². The van der Waals surface area contributed by atoms with Gasteiger partial charge in [0.2, 0.25) is 5.95 Å². The fourth-order valence-corrected chi connectivity index (χ4v) is 3.71. The monoisotopic (exact) mass is 357 g/mol. The van der Waals surface area contributed by atoms with Gasteiger partial charge in [-0.15, -0.1) is 0 Å². The third kappa shape index (κ3) is 3.96. The highest BCUT2D eigenvalue weighted by atomic mass is 16.5. The molecule has 2 aliphatic heterocycles. The molecule has 26 heavy (non-hydrogen) atoms. The van der Waals surface area contributed by atoms with Crippen LogP contribution in [-0.2, 0) is 18.3 Å². The normalized spacial score (nSPS) is 21.3. The molecule has 0 bridgehead atoms. The second kappa shape index (κ2) is 7.59. The van der Waals surface area contributed by atoms with Crippen molar-refractivity contribution >= 4 is 11.8 Å². The van der Waals surface area contributed by atoms with Crippen molar-refractivity contribution in [2.75, 3.05) is 49.6 Å². The molecule has 0 saturated carbocycles. The molecule has 8 heteroatoms. The predicted octanol–water partition coefficient (Wildman–Crippen LogP) is 1.04. The van der Waals surface area contributed by atoms with Crippen molar-refractivity contribution in [3.8, 4) is 0 Å². The Labute approximate surface area is 154 Å². The number of ether oxygens (including phenoxy) is 1. The zero-order valence-corrected chi connectivity index (χ0v) is 15.6.